The van der Waals surface area contributed by atoms with Crippen LogP contribution in [-0.4, -0.2) is 0 Å². The van der Waals surface area contributed by atoms with Gasteiger partial charge >= 0.3 is 0 Å². The average Bonchev–Trinajstić information content (AvgIpc) is 2.39. The lowest BCUT2D eigenvalue weighted by Gasteiger charge is -2.04. The first-order valence-electron chi connectivity index (χ1n) is 5.36. The Labute approximate surface area is 112 Å². The number of hydrogen-bond donors (Lipinski definition) is 0. The van der Waals surface area contributed by atoms with Crippen LogP contribution in [0.2, 0.25) is 0 Å². The molecule has 96 valence electrons. The van der Waals surface area contributed by atoms with E-state index in [0.717, 1.165) is 18.2 Å². The standard InChI is InChI=1S/C14H8F3NS/c15-11-4-9(7-18)3-10(5-11)8-19-12-1-2-13(16)14(17)6-12/h1-6H,8H2. The van der Waals surface area contributed by atoms with Crippen LogP contribution in [0.4, 0.5) is 13.2 Å². The van der Waals surface area contributed by atoms with Gasteiger partial charge in [0.25, 0.3) is 0 Å². The quantitative estimate of drug-likeness (QED) is 0.783. The van der Waals surface area contributed by atoms with Crippen LogP contribution in [0.5, 0.6) is 0 Å². The van der Waals surface area contributed by atoms with Gasteiger partial charge in [-0.25, -0.2) is 13.2 Å². The molecule has 0 aromatic heterocycles. The third-order valence-corrected chi connectivity index (χ3v) is 3.45. The molecule has 0 aliphatic rings. The Balaban J connectivity index is 2.12. The molecule has 0 amide bonds. The van der Waals surface area contributed by atoms with Crippen molar-refractivity contribution in [1.29, 1.82) is 5.26 Å². The first kappa shape index (κ1) is 13.5. The number of thioether (sulfide) groups is 1. The molecular formula is C14H8F3NS. The molecule has 0 saturated carbocycles. The fourth-order valence-corrected chi connectivity index (χ4v) is 2.38. The van der Waals surface area contributed by atoms with E-state index in [1.165, 1.54) is 23.9 Å². The van der Waals surface area contributed by atoms with E-state index in [1.54, 1.807) is 6.07 Å². The van der Waals surface area contributed by atoms with Gasteiger partial charge in [-0.15, -0.1) is 11.8 Å². The molecule has 0 saturated heterocycles. The summed E-state index contributed by atoms with van der Waals surface area (Å²) in [5, 5.41) is 8.72. The Morgan fingerprint density at radius 2 is 1.79 bits per heavy atom. The highest BCUT2D eigenvalue weighted by molar-refractivity contribution is 7.98. The molecule has 0 spiro atoms. The predicted molar refractivity (Wildman–Crippen MR) is 67.0 cm³/mol. The summed E-state index contributed by atoms with van der Waals surface area (Å²) in [4.78, 5) is 0.543. The third-order valence-electron chi connectivity index (χ3n) is 2.38. The predicted octanol–water partition coefficient (Wildman–Crippen LogP) is 4.27. The molecule has 2 aromatic rings. The van der Waals surface area contributed by atoms with E-state index in [1.807, 2.05) is 6.07 Å². The second-order valence-electron chi connectivity index (χ2n) is 3.82. The minimum Gasteiger partial charge on any atom is -0.207 e. The van der Waals surface area contributed by atoms with Crippen LogP contribution in [0.3, 0.4) is 0 Å². The highest BCUT2D eigenvalue weighted by Gasteiger charge is 2.05. The molecule has 0 unspecified atom stereocenters. The molecule has 19 heavy (non-hydrogen) atoms. The van der Waals surface area contributed by atoms with Crippen LogP contribution in [0, 0.1) is 28.8 Å². The molecule has 0 N–H and O–H groups in total. The van der Waals surface area contributed by atoms with Crippen molar-refractivity contribution < 1.29 is 13.2 Å². The van der Waals surface area contributed by atoms with Crippen molar-refractivity contribution in [2.24, 2.45) is 0 Å². The van der Waals surface area contributed by atoms with Gasteiger partial charge in [-0.3, -0.25) is 0 Å². The lowest BCUT2D eigenvalue weighted by atomic mass is 10.1. The maximum absolute atomic E-state index is 13.2. The molecular weight excluding hydrogens is 271 g/mol. The van der Waals surface area contributed by atoms with E-state index < -0.39 is 17.5 Å². The number of nitriles is 1. The minimum atomic E-state index is -0.915. The van der Waals surface area contributed by atoms with Crippen molar-refractivity contribution in [2.75, 3.05) is 0 Å². The summed E-state index contributed by atoms with van der Waals surface area (Å²) < 4.78 is 38.9. The highest BCUT2D eigenvalue weighted by Crippen LogP contribution is 2.25. The molecule has 2 aromatic carbocycles. The van der Waals surface area contributed by atoms with Crippen molar-refractivity contribution in [3.05, 3.63) is 65.0 Å². The average molecular weight is 279 g/mol. The fraction of sp³-hybridized carbons (Fsp3) is 0.0714. The Bertz CT molecular complexity index is 650. The lowest BCUT2D eigenvalue weighted by Crippen LogP contribution is -1.88. The van der Waals surface area contributed by atoms with E-state index in [0.29, 0.717) is 16.2 Å². The van der Waals surface area contributed by atoms with Gasteiger partial charge in [-0.05, 0) is 42.0 Å². The first-order valence-corrected chi connectivity index (χ1v) is 6.34. The summed E-state index contributed by atoms with van der Waals surface area (Å²) in [5.74, 6) is -1.93. The van der Waals surface area contributed by atoms with E-state index in [-0.39, 0.29) is 5.56 Å². The molecule has 0 radical (unpaired) electrons. The Kier molecular flexibility index (Phi) is 4.13. The molecule has 5 heteroatoms. The maximum Gasteiger partial charge on any atom is 0.159 e. The SMILES string of the molecule is N#Cc1cc(F)cc(CSc2ccc(F)c(F)c2)c1. The topological polar surface area (TPSA) is 23.8 Å². The van der Waals surface area contributed by atoms with Gasteiger partial charge in [0.1, 0.15) is 5.82 Å². The molecule has 0 atom stereocenters. The van der Waals surface area contributed by atoms with Crippen LogP contribution in [-0.2, 0) is 5.75 Å². The maximum atomic E-state index is 13.2. The number of nitrogens with zero attached hydrogens (tertiary/aromatic N) is 1. The van der Waals surface area contributed by atoms with Crippen molar-refractivity contribution in [3.63, 3.8) is 0 Å². The van der Waals surface area contributed by atoms with Crippen LogP contribution in [0.1, 0.15) is 11.1 Å². The number of hydrogen-bond acceptors (Lipinski definition) is 2. The third kappa shape index (κ3) is 3.52. The fourth-order valence-electron chi connectivity index (χ4n) is 1.53. The number of benzene rings is 2. The van der Waals surface area contributed by atoms with Gasteiger partial charge < -0.3 is 0 Å². The van der Waals surface area contributed by atoms with Gasteiger partial charge in [0.15, 0.2) is 11.6 Å². The summed E-state index contributed by atoms with van der Waals surface area (Å²) in [6.45, 7) is 0. The molecule has 0 aliphatic heterocycles. The Hall–Kier alpha value is -1.93. The van der Waals surface area contributed by atoms with Crippen molar-refractivity contribution in [1.82, 2.24) is 0 Å². The summed E-state index contributed by atoms with van der Waals surface area (Å²) in [6.07, 6.45) is 0. The van der Waals surface area contributed by atoms with E-state index in [4.69, 9.17) is 5.26 Å². The molecule has 0 heterocycles. The van der Waals surface area contributed by atoms with Crippen LogP contribution >= 0.6 is 11.8 Å². The zero-order valence-corrected chi connectivity index (χ0v) is 10.5. The summed E-state index contributed by atoms with van der Waals surface area (Å²) >= 11 is 1.24. The second-order valence-corrected chi connectivity index (χ2v) is 4.87. The summed E-state index contributed by atoms with van der Waals surface area (Å²) in [5.41, 5.74) is 0.854. The van der Waals surface area contributed by atoms with Crippen LogP contribution in [0.15, 0.2) is 41.3 Å². The second kappa shape index (κ2) is 5.81. The minimum absolute atomic E-state index is 0.237. The van der Waals surface area contributed by atoms with Gasteiger partial charge in [0, 0.05) is 10.6 Å². The smallest absolute Gasteiger partial charge is 0.159 e. The van der Waals surface area contributed by atoms with Gasteiger partial charge in [0.05, 0.1) is 11.6 Å². The van der Waals surface area contributed by atoms with Crippen LogP contribution in [0.25, 0.3) is 0 Å². The Morgan fingerprint density at radius 3 is 2.47 bits per heavy atom. The number of rotatable bonds is 3. The number of halogens is 3. The van der Waals surface area contributed by atoms with Gasteiger partial charge in [-0.1, -0.05) is 0 Å². The zero-order valence-electron chi connectivity index (χ0n) is 9.66. The monoisotopic (exact) mass is 279 g/mol. The van der Waals surface area contributed by atoms with Crippen molar-refractivity contribution >= 4 is 11.8 Å². The molecule has 1 nitrogen and oxygen atoms in total. The molecule has 2 rings (SSSR count). The molecule has 0 aliphatic carbocycles. The summed E-state index contributed by atoms with van der Waals surface area (Å²) in [7, 11) is 0. The largest absolute Gasteiger partial charge is 0.207 e. The van der Waals surface area contributed by atoms with E-state index in [2.05, 4.69) is 0 Å². The zero-order chi connectivity index (χ0) is 13.8. The van der Waals surface area contributed by atoms with Crippen LogP contribution < -0.4 is 0 Å². The first-order chi connectivity index (χ1) is 9.08. The van der Waals surface area contributed by atoms with Gasteiger partial charge in [0.2, 0.25) is 0 Å². The van der Waals surface area contributed by atoms with Crippen molar-refractivity contribution in [3.8, 4) is 6.07 Å². The molecule has 0 bridgehead atoms. The summed E-state index contributed by atoms with van der Waals surface area (Å²) in [6, 6.07) is 9.47. The van der Waals surface area contributed by atoms with E-state index >= 15 is 0 Å². The normalized spacial score (nSPS) is 10.2. The van der Waals surface area contributed by atoms with E-state index in [9.17, 15) is 13.2 Å². The lowest BCUT2D eigenvalue weighted by molar-refractivity contribution is 0.506. The van der Waals surface area contributed by atoms with Crippen molar-refractivity contribution in [2.45, 2.75) is 10.6 Å². The Morgan fingerprint density at radius 1 is 1.00 bits per heavy atom. The highest BCUT2D eigenvalue weighted by atomic mass is 32.2. The molecule has 0 fully saturated rings. The van der Waals surface area contributed by atoms with Gasteiger partial charge in [-0.2, -0.15) is 5.26 Å².